The lowest BCUT2D eigenvalue weighted by atomic mass is 10.1. The topological polar surface area (TPSA) is 94.9 Å². The number of nitro groups is 1. The molecular weight excluding hydrogens is 264 g/mol. The Kier molecular flexibility index (Phi) is 3.87. The number of nitrogens with two attached hydrogens (primary N) is 1. The molecule has 0 amide bonds. The van der Waals surface area contributed by atoms with Crippen LogP contribution in [0, 0.1) is 17.0 Å². The minimum absolute atomic E-state index is 0.0489. The van der Waals surface area contributed by atoms with Gasteiger partial charge < -0.3 is 5.73 Å². The molecule has 0 spiro atoms. The van der Waals surface area contributed by atoms with Gasteiger partial charge in [-0.25, -0.2) is 0 Å². The zero-order chi connectivity index (χ0) is 14.0. The van der Waals surface area contributed by atoms with Crippen LogP contribution >= 0.6 is 11.3 Å². The summed E-state index contributed by atoms with van der Waals surface area (Å²) in [7, 11) is 0. The molecule has 0 aliphatic heterocycles. The number of nitrogens with zero attached hydrogens (tertiary/aromatic N) is 3. The van der Waals surface area contributed by atoms with Gasteiger partial charge in [0.1, 0.15) is 5.01 Å². The summed E-state index contributed by atoms with van der Waals surface area (Å²) in [5.74, 6) is 0. The Balaban J connectivity index is 2.53. The largest absolute Gasteiger partial charge is 0.322 e. The molecule has 0 fully saturated rings. The third kappa shape index (κ3) is 2.61. The van der Waals surface area contributed by atoms with Gasteiger partial charge >= 0.3 is 0 Å². The van der Waals surface area contributed by atoms with Crippen LogP contribution in [0.15, 0.2) is 18.2 Å². The molecule has 1 atom stereocenters. The molecule has 0 bridgehead atoms. The SMILES string of the molecule is CCC(N)c1nnc(-c2c(C)cccc2[N+](=O)[O-])s1. The monoisotopic (exact) mass is 278 g/mol. The molecule has 7 heteroatoms. The quantitative estimate of drug-likeness (QED) is 0.685. The highest BCUT2D eigenvalue weighted by atomic mass is 32.1. The third-order valence-electron chi connectivity index (χ3n) is 2.86. The minimum atomic E-state index is -0.400. The van der Waals surface area contributed by atoms with Crippen LogP contribution in [0.25, 0.3) is 10.6 Å². The predicted molar refractivity (Wildman–Crippen MR) is 74.0 cm³/mol. The van der Waals surface area contributed by atoms with E-state index in [0.29, 0.717) is 15.6 Å². The van der Waals surface area contributed by atoms with Crippen molar-refractivity contribution >= 4 is 17.0 Å². The second kappa shape index (κ2) is 5.41. The van der Waals surface area contributed by atoms with Crippen LogP contribution in [0.3, 0.4) is 0 Å². The van der Waals surface area contributed by atoms with E-state index in [4.69, 9.17) is 5.73 Å². The van der Waals surface area contributed by atoms with E-state index in [9.17, 15) is 10.1 Å². The third-order valence-corrected chi connectivity index (χ3v) is 3.93. The van der Waals surface area contributed by atoms with E-state index < -0.39 is 4.92 Å². The molecule has 1 aromatic carbocycles. The fourth-order valence-electron chi connectivity index (χ4n) is 1.74. The van der Waals surface area contributed by atoms with Gasteiger partial charge in [-0.05, 0) is 18.9 Å². The Hall–Kier alpha value is -1.86. The summed E-state index contributed by atoms with van der Waals surface area (Å²) in [5.41, 5.74) is 7.28. The highest BCUT2D eigenvalue weighted by Crippen LogP contribution is 2.35. The number of aromatic nitrogens is 2. The van der Waals surface area contributed by atoms with E-state index in [1.165, 1.54) is 17.4 Å². The van der Waals surface area contributed by atoms with E-state index in [1.54, 1.807) is 6.07 Å². The minimum Gasteiger partial charge on any atom is -0.322 e. The second-order valence-corrected chi connectivity index (χ2v) is 5.20. The van der Waals surface area contributed by atoms with Gasteiger partial charge in [0, 0.05) is 6.07 Å². The van der Waals surface area contributed by atoms with E-state index in [2.05, 4.69) is 10.2 Å². The van der Waals surface area contributed by atoms with Gasteiger partial charge in [0.25, 0.3) is 5.69 Å². The fourth-order valence-corrected chi connectivity index (χ4v) is 2.79. The standard InChI is InChI=1S/C12H14N4O2S/c1-3-8(13)11-14-15-12(19-11)10-7(2)5-4-6-9(10)16(17)18/h4-6,8H,3,13H2,1-2H3. The number of rotatable bonds is 4. The summed E-state index contributed by atoms with van der Waals surface area (Å²) in [4.78, 5) is 10.7. The van der Waals surface area contributed by atoms with E-state index in [-0.39, 0.29) is 11.7 Å². The first-order valence-corrected chi connectivity index (χ1v) is 6.69. The van der Waals surface area contributed by atoms with E-state index in [1.807, 2.05) is 19.9 Å². The lowest BCUT2D eigenvalue weighted by Gasteiger charge is -2.03. The zero-order valence-electron chi connectivity index (χ0n) is 10.7. The first-order valence-electron chi connectivity index (χ1n) is 5.88. The molecule has 1 unspecified atom stereocenters. The number of hydrogen-bond donors (Lipinski definition) is 1. The van der Waals surface area contributed by atoms with Crippen LogP contribution in [-0.2, 0) is 0 Å². The molecule has 0 aliphatic carbocycles. The van der Waals surface area contributed by atoms with Crippen molar-refractivity contribution in [2.75, 3.05) is 0 Å². The molecule has 19 heavy (non-hydrogen) atoms. The molecule has 1 heterocycles. The Morgan fingerprint density at radius 3 is 2.84 bits per heavy atom. The maximum Gasteiger partial charge on any atom is 0.279 e. The van der Waals surface area contributed by atoms with Gasteiger partial charge in [0.05, 0.1) is 16.5 Å². The lowest BCUT2D eigenvalue weighted by molar-refractivity contribution is -0.384. The second-order valence-electron chi connectivity index (χ2n) is 4.19. The van der Waals surface area contributed by atoms with Crippen LogP contribution < -0.4 is 5.73 Å². The Bertz CT molecular complexity index is 612. The first kappa shape index (κ1) is 13.6. The van der Waals surface area contributed by atoms with Gasteiger partial charge in [-0.3, -0.25) is 10.1 Å². The average molecular weight is 278 g/mol. The summed E-state index contributed by atoms with van der Waals surface area (Å²) in [6, 6.07) is 4.79. The van der Waals surface area contributed by atoms with Crippen LogP contribution in [0.2, 0.25) is 0 Å². The summed E-state index contributed by atoms with van der Waals surface area (Å²) in [6.07, 6.45) is 0.754. The maximum atomic E-state index is 11.1. The molecule has 2 rings (SSSR count). The molecule has 1 aromatic heterocycles. The smallest absolute Gasteiger partial charge is 0.279 e. The molecule has 100 valence electrons. The number of hydrogen-bond acceptors (Lipinski definition) is 6. The summed E-state index contributed by atoms with van der Waals surface area (Å²) in [5, 5.41) is 20.4. The van der Waals surface area contributed by atoms with Crippen molar-refractivity contribution in [3.8, 4) is 10.6 Å². The molecule has 0 saturated heterocycles. The van der Waals surface area contributed by atoms with Crippen molar-refractivity contribution in [1.82, 2.24) is 10.2 Å². The lowest BCUT2D eigenvalue weighted by Crippen LogP contribution is -2.07. The van der Waals surface area contributed by atoms with Crippen molar-refractivity contribution < 1.29 is 4.92 Å². The summed E-state index contributed by atoms with van der Waals surface area (Å²) in [6.45, 7) is 3.78. The normalized spacial score (nSPS) is 12.4. The summed E-state index contributed by atoms with van der Waals surface area (Å²) < 4.78 is 0. The molecule has 0 aliphatic rings. The van der Waals surface area contributed by atoms with Gasteiger partial charge in [-0.1, -0.05) is 30.4 Å². The van der Waals surface area contributed by atoms with Gasteiger partial charge in [0.2, 0.25) is 0 Å². The van der Waals surface area contributed by atoms with Crippen molar-refractivity contribution in [1.29, 1.82) is 0 Å². The van der Waals surface area contributed by atoms with Crippen LogP contribution in [0.1, 0.15) is 30.0 Å². The predicted octanol–water partition coefficient (Wildman–Crippen LogP) is 2.83. The fraction of sp³-hybridized carbons (Fsp3) is 0.333. The molecule has 0 radical (unpaired) electrons. The molecule has 6 nitrogen and oxygen atoms in total. The van der Waals surface area contributed by atoms with Gasteiger partial charge in [0.15, 0.2) is 5.01 Å². The van der Waals surface area contributed by atoms with Crippen LogP contribution in [-0.4, -0.2) is 15.1 Å². The molecular formula is C12H14N4O2S. The Morgan fingerprint density at radius 1 is 1.47 bits per heavy atom. The highest BCUT2D eigenvalue weighted by Gasteiger charge is 2.21. The molecule has 0 saturated carbocycles. The van der Waals surface area contributed by atoms with Crippen LogP contribution in [0.4, 0.5) is 5.69 Å². The van der Waals surface area contributed by atoms with Gasteiger partial charge in [-0.15, -0.1) is 10.2 Å². The van der Waals surface area contributed by atoms with Crippen molar-refractivity contribution in [2.24, 2.45) is 5.73 Å². The van der Waals surface area contributed by atoms with E-state index in [0.717, 1.165) is 12.0 Å². The number of aryl methyl sites for hydroxylation is 1. The highest BCUT2D eigenvalue weighted by molar-refractivity contribution is 7.14. The Labute approximate surface area is 114 Å². The average Bonchev–Trinajstić information content (AvgIpc) is 2.86. The molecule has 2 aromatic rings. The molecule has 2 N–H and O–H groups in total. The first-order chi connectivity index (χ1) is 9.04. The van der Waals surface area contributed by atoms with Crippen molar-refractivity contribution in [3.05, 3.63) is 38.9 Å². The number of nitro benzene ring substituents is 1. The summed E-state index contributed by atoms with van der Waals surface area (Å²) >= 11 is 1.31. The number of benzene rings is 1. The van der Waals surface area contributed by atoms with Crippen molar-refractivity contribution in [2.45, 2.75) is 26.3 Å². The Morgan fingerprint density at radius 2 is 2.21 bits per heavy atom. The van der Waals surface area contributed by atoms with Crippen LogP contribution in [0.5, 0.6) is 0 Å². The zero-order valence-corrected chi connectivity index (χ0v) is 11.5. The van der Waals surface area contributed by atoms with Crippen molar-refractivity contribution in [3.63, 3.8) is 0 Å². The maximum absolute atomic E-state index is 11.1. The van der Waals surface area contributed by atoms with E-state index >= 15 is 0 Å². The van der Waals surface area contributed by atoms with Gasteiger partial charge in [-0.2, -0.15) is 0 Å².